The second kappa shape index (κ2) is 7.64. The number of hydrogen-bond acceptors (Lipinski definition) is 5. The van der Waals surface area contributed by atoms with Gasteiger partial charge in [-0.2, -0.15) is 5.10 Å². The molecule has 0 amide bonds. The van der Waals surface area contributed by atoms with Crippen molar-refractivity contribution in [3.05, 3.63) is 36.8 Å². The molecule has 27 heavy (non-hydrogen) atoms. The first kappa shape index (κ1) is 17.9. The van der Waals surface area contributed by atoms with Crippen LogP contribution in [0.15, 0.2) is 36.8 Å². The molecule has 1 aliphatic rings. The van der Waals surface area contributed by atoms with Crippen LogP contribution in [0.2, 0.25) is 0 Å². The molecule has 1 fully saturated rings. The van der Waals surface area contributed by atoms with Gasteiger partial charge in [0.15, 0.2) is 0 Å². The summed E-state index contributed by atoms with van der Waals surface area (Å²) in [5.74, 6) is 1.64. The molecule has 3 aromatic heterocycles. The van der Waals surface area contributed by atoms with Crippen LogP contribution in [0.1, 0.15) is 25.7 Å². The molecule has 0 unspecified atom stereocenters. The van der Waals surface area contributed by atoms with E-state index in [1.54, 1.807) is 4.68 Å². The molecule has 0 radical (unpaired) electrons. The third-order valence-corrected chi connectivity index (χ3v) is 5.69. The van der Waals surface area contributed by atoms with E-state index in [0.29, 0.717) is 0 Å². The van der Waals surface area contributed by atoms with Crippen molar-refractivity contribution in [3.63, 3.8) is 0 Å². The number of nitrogens with one attached hydrogen (secondary N) is 1. The highest BCUT2D eigenvalue weighted by atomic mass is 15.2. The van der Waals surface area contributed by atoms with Gasteiger partial charge in [-0.25, -0.2) is 9.97 Å². The summed E-state index contributed by atoms with van der Waals surface area (Å²) in [6, 6.07) is 6.90. The van der Waals surface area contributed by atoms with E-state index < -0.39 is 0 Å². The van der Waals surface area contributed by atoms with Crippen molar-refractivity contribution in [2.45, 2.75) is 31.7 Å². The van der Waals surface area contributed by atoms with E-state index in [2.05, 4.69) is 46.5 Å². The summed E-state index contributed by atoms with van der Waals surface area (Å²) < 4.78 is 1.80. The van der Waals surface area contributed by atoms with Gasteiger partial charge in [0.2, 0.25) is 0 Å². The molecule has 1 aliphatic carbocycles. The molecular formula is C21H28N6. The number of aromatic nitrogens is 4. The number of fused-ring (bicyclic) bond motifs is 1. The van der Waals surface area contributed by atoms with Gasteiger partial charge in [-0.05, 0) is 57.8 Å². The Kier molecular flexibility index (Phi) is 5.07. The third kappa shape index (κ3) is 4.11. The normalized spacial score (nSPS) is 20.3. The lowest BCUT2D eigenvalue weighted by atomic mass is 9.85. The minimum absolute atomic E-state index is 0.730. The Hall–Kier alpha value is -2.47. The third-order valence-electron chi connectivity index (χ3n) is 5.69. The van der Waals surface area contributed by atoms with E-state index in [1.165, 1.54) is 25.7 Å². The van der Waals surface area contributed by atoms with E-state index >= 15 is 0 Å². The average Bonchev–Trinajstić information content (AvgIpc) is 3.12. The molecule has 0 aliphatic heterocycles. The maximum atomic E-state index is 4.80. The zero-order chi connectivity index (χ0) is 18.8. The zero-order valence-electron chi connectivity index (χ0n) is 16.4. The van der Waals surface area contributed by atoms with Crippen LogP contribution in [0.3, 0.4) is 0 Å². The molecule has 1 saturated carbocycles. The molecule has 0 bridgehead atoms. The minimum atomic E-state index is 0.730. The minimum Gasteiger partial charge on any atom is -0.370 e. The van der Waals surface area contributed by atoms with Gasteiger partial charge in [0.1, 0.15) is 5.82 Å². The first-order valence-electron chi connectivity index (χ1n) is 9.74. The van der Waals surface area contributed by atoms with Gasteiger partial charge in [-0.15, -0.1) is 0 Å². The Morgan fingerprint density at radius 3 is 2.67 bits per heavy atom. The standard InChI is InChI=1S/C21H28N6/c1-26(2)18-7-4-15(5-8-18)11-22-21-10-20-16(12-23-21)6-9-19(25-20)17-13-24-27(3)14-17/h6,9-10,12-15,18H,4-5,7-8,11H2,1-3H3,(H,22,23). The van der Waals surface area contributed by atoms with Crippen molar-refractivity contribution >= 4 is 16.7 Å². The summed E-state index contributed by atoms with van der Waals surface area (Å²) in [4.78, 5) is 11.7. The summed E-state index contributed by atoms with van der Waals surface area (Å²) in [5, 5.41) is 8.82. The molecule has 0 saturated heterocycles. The van der Waals surface area contributed by atoms with Crippen LogP contribution in [0.5, 0.6) is 0 Å². The fraction of sp³-hybridized carbons (Fsp3) is 0.476. The predicted molar refractivity (Wildman–Crippen MR) is 110 cm³/mol. The number of hydrogen-bond donors (Lipinski definition) is 1. The molecule has 3 aromatic rings. The molecule has 3 heterocycles. The molecule has 4 rings (SSSR count). The summed E-state index contributed by atoms with van der Waals surface area (Å²) >= 11 is 0. The highest BCUT2D eigenvalue weighted by Gasteiger charge is 2.22. The molecule has 1 N–H and O–H groups in total. The summed E-state index contributed by atoms with van der Waals surface area (Å²) in [7, 11) is 6.30. The van der Waals surface area contributed by atoms with Crippen LogP contribution in [0.25, 0.3) is 22.2 Å². The maximum absolute atomic E-state index is 4.80. The van der Waals surface area contributed by atoms with Crippen LogP contribution in [0.4, 0.5) is 5.82 Å². The van der Waals surface area contributed by atoms with E-state index in [4.69, 9.17) is 4.98 Å². The van der Waals surface area contributed by atoms with Crippen molar-refractivity contribution in [1.82, 2.24) is 24.6 Å². The topological polar surface area (TPSA) is 58.9 Å². The second-order valence-corrected chi connectivity index (χ2v) is 7.88. The first-order valence-corrected chi connectivity index (χ1v) is 9.74. The molecular weight excluding hydrogens is 336 g/mol. The van der Waals surface area contributed by atoms with Gasteiger partial charge in [-0.3, -0.25) is 4.68 Å². The largest absolute Gasteiger partial charge is 0.370 e. The van der Waals surface area contributed by atoms with E-state index in [0.717, 1.165) is 46.5 Å². The van der Waals surface area contributed by atoms with E-state index in [-0.39, 0.29) is 0 Å². The van der Waals surface area contributed by atoms with Gasteiger partial charge < -0.3 is 10.2 Å². The van der Waals surface area contributed by atoms with Crippen molar-refractivity contribution in [3.8, 4) is 11.3 Å². The van der Waals surface area contributed by atoms with E-state index in [1.807, 2.05) is 31.7 Å². The Balaban J connectivity index is 1.43. The summed E-state index contributed by atoms with van der Waals surface area (Å²) in [5.41, 5.74) is 2.93. The molecule has 6 nitrogen and oxygen atoms in total. The fourth-order valence-corrected chi connectivity index (χ4v) is 3.94. The average molecular weight is 364 g/mol. The number of rotatable bonds is 5. The van der Waals surface area contributed by atoms with Crippen molar-refractivity contribution in [1.29, 1.82) is 0 Å². The smallest absolute Gasteiger partial charge is 0.128 e. The lowest BCUT2D eigenvalue weighted by Gasteiger charge is -2.32. The highest BCUT2D eigenvalue weighted by Crippen LogP contribution is 2.27. The van der Waals surface area contributed by atoms with Crippen molar-refractivity contribution in [2.75, 3.05) is 26.0 Å². The van der Waals surface area contributed by atoms with Gasteiger partial charge >= 0.3 is 0 Å². The van der Waals surface area contributed by atoms with Crippen LogP contribution < -0.4 is 5.32 Å². The monoisotopic (exact) mass is 364 g/mol. The Morgan fingerprint density at radius 1 is 1.15 bits per heavy atom. The SMILES string of the molecule is CN(C)C1CCC(CNc2cc3nc(-c4cnn(C)c4)ccc3cn2)CC1. The molecule has 6 heteroatoms. The zero-order valence-corrected chi connectivity index (χ0v) is 16.4. The van der Waals surface area contributed by atoms with Crippen LogP contribution in [0, 0.1) is 5.92 Å². The Bertz CT molecular complexity index is 908. The molecule has 0 spiro atoms. The molecule has 142 valence electrons. The lowest BCUT2D eigenvalue weighted by Crippen LogP contribution is -2.33. The van der Waals surface area contributed by atoms with Gasteiger partial charge in [0, 0.05) is 49.0 Å². The van der Waals surface area contributed by atoms with Crippen LogP contribution in [-0.4, -0.2) is 51.3 Å². The van der Waals surface area contributed by atoms with Crippen LogP contribution in [-0.2, 0) is 7.05 Å². The summed E-state index contributed by atoms with van der Waals surface area (Å²) in [6.07, 6.45) is 10.9. The first-order chi connectivity index (χ1) is 13.1. The fourth-order valence-electron chi connectivity index (χ4n) is 3.94. The number of anilines is 1. The summed E-state index contributed by atoms with van der Waals surface area (Å²) in [6.45, 7) is 0.987. The van der Waals surface area contributed by atoms with E-state index in [9.17, 15) is 0 Å². The highest BCUT2D eigenvalue weighted by molar-refractivity contribution is 5.82. The van der Waals surface area contributed by atoms with Gasteiger partial charge in [-0.1, -0.05) is 0 Å². The van der Waals surface area contributed by atoms with Gasteiger partial charge in [0.25, 0.3) is 0 Å². The van der Waals surface area contributed by atoms with Crippen LogP contribution >= 0.6 is 0 Å². The number of aryl methyl sites for hydroxylation is 1. The number of nitrogens with zero attached hydrogens (tertiary/aromatic N) is 5. The lowest BCUT2D eigenvalue weighted by molar-refractivity contribution is 0.198. The Morgan fingerprint density at radius 2 is 1.96 bits per heavy atom. The molecule has 0 atom stereocenters. The molecule has 0 aromatic carbocycles. The second-order valence-electron chi connectivity index (χ2n) is 7.88. The van der Waals surface area contributed by atoms with Crippen molar-refractivity contribution in [2.24, 2.45) is 13.0 Å². The van der Waals surface area contributed by atoms with Crippen molar-refractivity contribution < 1.29 is 0 Å². The maximum Gasteiger partial charge on any atom is 0.128 e. The number of pyridine rings is 2. The quantitative estimate of drug-likeness (QED) is 0.750. The predicted octanol–water partition coefficient (Wildman–Crippen LogP) is 3.56. The van der Waals surface area contributed by atoms with Gasteiger partial charge in [0.05, 0.1) is 17.4 Å². The Labute approximate surface area is 160 Å².